The number of alkyl halides is 2. The molecular weight excluding hydrogens is 258 g/mol. The van der Waals surface area contributed by atoms with E-state index in [9.17, 15) is 8.78 Å². The fourth-order valence-electron chi connectivity index (χ4n) is 2.42. The van der Waals surface area contributed by atoms with Crippen LogP contribution in [0, 0.1) is 10.8 Å². The Kier molecular flexibility index (Phi) is 8.23. The Balaban J connectivity index is 4.26. The lowest BCUT2D eigenvalue weighted by Crippen LogP contribution is -2.33. The summed E-state index contributed by atoms with van der Waals surface area (Å²) in [5.41, 5.74) is -0.766. The van der Waals surface area contributed by atoms with Crippen LogP contribution in [0.2, 0.25) is 0 Å². The molecule has 0 aromatic carbocycles. The van der Waals surface area contributed by atoms with Crippen molar-refractivity contribution in [3.05, 3.63) is 0 Å². The zero-order valence-electron chi connectivity index (χ0n) is 14.3. The average Bonchev–Trinajstić information content (AvgIpc) is 2.37. The molecule has 0 aromatic heterocycles. The summed E-state index contributed by atoms with van der Waals surface area (Å²) < 4.78 is 33.4. The van der Waals surface area contributed by atoms with Crippen molar-refractivity contribution in [2.45, 2.75) is 86.0 Å². The molecule has 0 spiro atoms. The second kappa shape index (κ2) is 8.31. The van der Waals surface area contributed by atoms with Gasteiger partial charge in [-0.15, -0.1) is 0 Å². The van der Waals surface area contributed by atoms with E-state index >= 15 is 0 Å². The first-order valence-electron chi connectivity index (χ1n) is 8.09. The molecular formula is C17H34F2O. The maximum Gasteiger partial charge on any atom is 0.252 e. The van der Waals surface area contributed by atoms with E-state index in [4.69, 9.17) is 4.74 Å². The van der Waals surface area contributed by atoms with E-state index < -0.39 is 11.3 Å². The van der Waals surface area contributed by atoms with Crippen molar-refractivity contribution >= 4 is 0 Å². The fraction of sp³-hybridized carbons (Fsp3) is 1.00. The molecule has 0 aliphatic carbocycles. The Labute approximate surface area is 124 Å². The van der Waals surface area contributed by atoms with Gasteiger partial charge in [0.1, 0.15) is 0 Å². The lowest BCUT2D eigenvalue weighted by Gasteiger charge is -2.33. The van der Waals surface area contributed by atoms with Crippen LogP contribution in [0.15, 0.2) is 0 Å². The van der Waals surface area contributed by atoms with Crippen molar-refractivity contribution in [1.82, 2.24) is 0 Å². The topological polar surface area (TPSA) is 9.23 Å². The number of unbranched alkanes of at least 4 members (excludes halogenated alkanes) is 1. The third-order valence-electron chi connectivity index (χ3n) is 4.66. The molecule has 1 nitrogen and oxygen atoms in total. The predicted molar refractivity (Wildman–Crippen MR) is 82.4 cm³/mol. The van der Waals surface area contributed by atoms with Gasteiger partial charge in [-0.1, -0.05) is 41.0 Å². The van der Waals surface area contributed by atoms with Gasteiger partial charge in [-0.25, -0.2) is 8.78 Å². The van der Waals surface area contributed by atoms with E-state index in [1.807, 2.05) is 6.92 Å². The molecule has 122 valence electrons. The van der Waals surface area contributed by atoms with Crippen LogP contribution in [0.1, 0.15) is 80.1 Å². The number of ether oxygens (including phenoxy) is 1. The van der Waals surface area contributed by atoms with E-state index in [0.717, 1.165) is 38.9 Å². The summed E-state index contributed by atoms with van der Waals surface area (Å²) in [6.45, 7) is 12.7. The molecule has 0 atom stereocenters. The Bertz CT molecular complexity index is 252. The molecule has 20 heavy (non-hydrogen) atoms. The van der Waals surface area contributed by atoms with Gasteiger partial charge in [-0.05, 0) is 38.0 Å². The Morgan fingerprint density at radius 2 is 1.35 bits per heavy atom. The molecule has 0 unspecified atom stereocenters. The average molecular weight is 292 g/mol. The van der Waals surface area contributed by atoms with Crippen molar-refractivity contribution in [3.63, 3.8) is 0 Å². The molecule has 0 aliphatic heterocycles. The van der Waals surface area contributed by atoms with Gasteiger partial charge in [0.05, 0.1) is 6.61 Å². The zero-order chi connectivity index (χ0) is 15.9. The maximum absolute atomic E-state index is 13.9. The third kappa shape index (κ3) is 6.07. The Morgan fingerprint density at radius 3 is 1.75 bits per heavy atom. The second-order valence-corrected chi connectivity index (χ2v) is 7.01. The van der Waals surface area contributed by atoms with Crippen molar-refractivity contribution in [1.29, 1.82) is 0 Å². The first-order chi connectivity index (χ1) is 9.14. The van der Waals surface area contributed by atoms with Crippen molar-refractivity contribution in [2.75, 3.05) is 13.2 Å². The summed E-state index contributed by atoms with van der Waals surface area (Å²) in [5, 5.41) is 0. The number of halogens is 2. The van der Waals surface area contributed by atoms with Crippen LogP contribution in [0.25, 0.3) is 0 Å². The Morgan fingerprint density at radius 1 is 0.850 bits per heavy atom. The molecule has 0 aromatic rings. The van der Waals surface area contributed by atoms with Crippen molar-refractivity contribution in [2.24, 2.45) is 10.8 Å². The van der Waals surface area contributed by atoms with Gasteiger partial charge in [-0.2, -0.15) is 0 Å². The standard InChI is InChI=1S/C17H34F2O/c1-7-16(8-2,14-20-9-3)12-10-11-13-17(18,19)15(4,5)6/h7-14H2,1-6H3. The zero-order valence-corrected chi connectivity index (χ0v) is 14.3. The van der Waals surface area contributed by atoms with Gasteiger partial charge in [0.15, 0.2) is 0 Å². The first-order valence-corrected chi connectivity index (χ1v) is 8.09. The molecule has 0 heterocycles. The van der Waals surface area contributed by atoms with Crippen LogP contribution >= 0.6 is 0 Å². The van der Waals surface area contributed by atoms with E-state index in [1.165, 1.54) is 0 Å². The van der Waals surface area contributed by atoms with Gasteiger partial charge in [0, 0.05) is 18.4 Å². The van der Waals surface area contributed by atoms with Gasteiger partial charge in [0.2, 0.25) is 0 Å². The Hall–Kier alpha value is -0.180. The number of rotatable bonds is 10. The molecule has 0 fully saturated rings. The molecule has 0 saturated carbocycles. The van der Waals surface area contributed by atoms with Crippen LogP contribution in [0.3, 0.4) is 0 Å². The number of hydrogen-bond acceptors (Lipinski definition) is 1. The highest BCUT2D eigenvalue weighted by Crippen LogP contribution is 2.40. The van der Waals surface area contributed by atoms with Crippen molar-refractivity contribution < 1.29 is 13.5 Å². The minimum Gasteiger partial charge on any atom is -0.381 e. The lowest BCUT2D eigenvalue weighted by molar-refractivity contribution is -0.104. The van der Waals surface area contributed by atoms with Gasteiger partial charge in [-0.3, -0.25) is 0 Å². The molecule has 0 bridgehead atoms. The second-order valence-electron chi connectivity index (χ2n) is 7.01. The maximum atomic E-state index is 13.9. The smallest absolute Gasteiger partial charge is 0.252 e. The highest BCUT2D eigenvalue weighted by atomic mass is 19.3. The van der Waals surface area contributed by atoms with Crippen LogP contribution in [0.5, 0.6) is 0 Å². The van der Waals surface area contributed by atoms with E-state index in [2.05, 4.69) is 13.8 Å². The van der Waals surface area contributed by atoms with E-state index in [-0.39, 0.29) is 11.8 Å². The molecule has 0 amide bonds. The molecule has 0 saturated heterocycles. The van der Waals surface area contributed by atoms with E-state index in [1.54, 1.807) is 20.8 Å². The van der Waals surface area contributed by atoms with E-state index in [0.29, 0.717) is 6.42 Å². The van der Waals surface area contributed by atoms with Crippen LogP contribution < -0.4 is 0 Å². The number of hydrogen-bond donors (Lipinski definition) is 0. The third-order valence-corrected chi connectivity index (χ3v) is 4.66. The highest BCUT2D eigenvalue weighted by Gasteiger charge is 2.42. The first kappa shape index (κ1) is 19.8. The minimum absolute atomic E-state index is 0.00531. The van der Waals surface area contributed by atoms with Crippen LogP contribution in [-0.2, 0) is 4.74 Å². The molecule has 0 rings (SSSR count). The monoisotopic (exact) mass is 292 g/mol. The molecule has 0 radical (unpaired) electrons. The summed E-state index contributed by atoms with van der Waals surface area (Å²) in [7, 11) is 0. The van der Waals surface area contributed by atoms with Gasteiger partial charge < -0.3 is 4.74 Å². The van der Waals surface area contributed by atoms with Gasteiger partial charge >= 0.3 is 0 Å². The summed E-state index contributed by atoms with van der Waals surface area (Å²) >= 11 is 0. The van der Waals surface area contributed by atoms with Gasteiger partial charge in [0.25, 0.3) is 5.92 Å². The summed E-state index contributed by atoms with van der Waals surface area (Å²) in [6.07, 6.45) is 4.55. The predicted octanol–water partition coefficient (Wildman–Crippen LogP) is 6.07. The van der Waals surface area contributed by atoms with Crippen LogP contribution in [-0.4, -0.2) is 19.1 Å². The molecule has 0 aliphatic rings. The highest BCUT2D eigenvalue weighted by molar-refractivity contribution is 4.82. The SMILES string of the molecule is CCOCC(CC)(CC)CCCCC(F)(F)C(C)(C)C. The molecule has 0 N–H and O–H groups in total. The molecule has 3 heteroatoms. The normalized spacial score (nSPS) is 13.8. The largest absolute Gasteiger partial charge is 0.381 e. The van der Waals surface area contributed by atoms with Crippen LogP contribution in [0.4, 0.5) is 8.78 Å². The fourth-order valence-corrected chi connectivity index (χ4v) is 2.42. The lowest BCUT2D eigenvalue weighted by atomic mass is 9.77. The minimum atomic E-state index is -2.58. The summed E-state index contributed by atoms with van der Waals surface area (Å²) in [5.74, 6) is -2.58. The quantitative estimate of drug-likeness (QED) is 0.444. The summed E-state index contributed by atoms with van der Waals surface area (Å²) in [6, 6.07) is 0. The summed E-state index contributed by atoms with van der Waals surface area (Å²) in [4.78, 5) is 0. The van der Waals surface area contributed by atoms with Crippen molar-refractivity contribution in [3.8, 4) is 0 Å².